The average Bonchev–Trinajstić information content (AvgIpc) is 2.74. The fourth-order valence-corrected chi connectivity index (χ4v) is 4.26. The second kappa shape index (κ2) is 11.1. The molecule has 0 bridgehead atoms. The molecule has 9 heteroatoms. The largest absolute Gasteiger partial charge is 0.449 e. The minimum atomic E-state index is -3.54. The van der Waals surface area contributed by atoms with Gasteiger partial charge in [-0.15, -0.1) is 0 Å². The summed E-state index contributed by atoms with van der Waals surface area (Å²) >= 11 is 5.80. The van der Waals surface area contributed by atoms with E-state index in [-0.39, 0.29) is 4.90 Å². The molecular weight excluding hydrogens is 440 g/mol. The van der Waals surface area contributed by atoms with E-state index in [1.807, 2.05) is 0 Å². The summed E-state index contributed by atoms with van der Waals surface area (Å²) in [6.07, 6.45) is 1.66. The van der Waals surface area contributed by atoms with E-state index < -0.39 is 28.0 Å². The number of sulfonamides is 1. The van der Waals surface area contributed by atoms with Crippen LogP contribution in [0.25, 0.3) is 6.08 Å². The monoisotopic (exact) mass is 464 g/mol. The summed E-state index contributed by atoms with van der Waals surface area (Å²) in [5.74, 6) is -1.17. The molecule has 0 saturated heterocycles. The first-order valence-corrected chi connectivity index (χ1v) is 11.5. The molecule has 1 N–H and O–H groups in total. The zero-order valence-electron chi connectivity index (χ0n) is 17.5. The Kier molecular flexibility index (Phi) is 8.79. The van der Waals surface area contributed by atoms with Crippen LogP contribution in [-0.2, 0) is 24.3 Å². The first kappa shape index (κ1) is 24.6. The van der Waals surface area contributed by atoms with Crippen LogP contribution in [0, 0.1) is 0 Å². The second-order valence-corrected chi connectivity index (χ2v) is 8.94. The first-order chi connectivity index (χ1) is 14.7. The van der Waals surface area contributed by atoms with Gasteiger partial charge >= 0.3 is 5.97 Å². The molecule has 0 heterocycles. The topological polar surface area (TPSA) is 92.8 Å². The number of hydrogen-bond acceptors (Lipinski definition) is 5. The highest BCUT2D eigenvalue weighted by atomic mass is 35.5. The van der Waals surface area contributed by atoms with Crippen molar-refractivity contribution in [3.8, 4) is 0 Å². The van der Waals surface area contributed by atoms with Gasteiger partial charge in [-0.05, 0) is 55.0 Å². The van der Waals surface area contributed by atoms with Crippen LogP contribution in [0.5, 0.6) is 0 Å². The summed E-state index contributed by atoms with van der Waals surface area (Å²) in [5.41, 5.74) is 1.15. The van der Waals surface area contributed by atoms with Gasteiger partial charge in [-0.2, -0.15) is 4.31 Å². The van der Waals surface area contributed by atoms with Gasteiger partial charge in [0.15, 0.2) is 6.10 Å². The summed E-state index contributed by atoms with van der Waals surface area (Å²) in [6.45, 7) is 5.79. The number of hydrogen-bond donors (Lipinski definition) is 1. The number of nitrogens with one attached hydrogen (secondary N) is 1. The molecule has 0 aliphatic heterocycles. The van der Waals surface area contributed by atoms with Crippen molar-refractivity contribution in [1.82, 2.24) is 4.31 Å². The Bertz CT molecular complexity index is 1030. The molecule has 2 aromatic carbocycles. The Balaban J connectivity index is 1.95. The molecule has 1 unspecified atom stereocenters. The predicted octanol–water partition coefficient (Wildman–Crippen LogP) is 3.95. The van der Waals surface area contributed by atoms with E-state index in [4.69, 9.17) is 16.3 Å². The number of rotatable bonds is 9. The fourth-order valence-electron chi connectivity index (χ4n) is 2.67. The number of ether oxygens (including phenoxy) is 1. The van der Waals surface area contributed by atoms with Gasteiger partial charge in [0.05, 0.1) is 4.90 Å². The van der Waals surface area contributed by atoms with Crippen LogP contribution < -0.4 is 5.32 Å². The Labute approximate surface area is 187 Å². The number of carbonyl (C=O) groups is 2. The third-order valence-electron chi connectivity index (χ3n) is 4.41. The van der Waals surface area contributed by atoms with Crippen LogP contribution in [0.1, 0.15) is 26.3 Å². The van der Waals surface area contributed by atoms with E-state index in [1.165, 1.54) is 35.5 Å². The Morgan fingerprint density at radius 3 is 2.19 bits per heavy atom. The van der Waals surface area contributed by atoms with Crippen molar-refractivity contribution in [2.24, 2.45) is 0 Å². The van der Waals surface area contributed by atoms with Crippen molar-refractivity contribution in [3.63, 3.8) is 0 Å². The highest BCUT2D eigenvalue weighted by Gasteiger charge is 2.21. The van der Waals surface area contributed by atoms with Crippen LogP contribution >= 0.6 is 11.6 Å². The van der Waals surface area contributed by atoms with Crippen molar-refractivity contribution in [3.05, 3.63) is 65.2 Å². The first-order valence-electron chi connectivity index (χ1n) is 9.72. The fraction of sp³-hybridized carbons (Fsp3) is 0.273. The lowest BCUT2D eigenvalue weighted by molar-refractivity contribution is -0.148. The smallest absolute Gasteiger partial charge is 0.331 e. The Morgan fingerprint density at radius 2 is 1.65 bits per heavy atom. The number of nitrogens with zero attached hydrogens (tertiary/aromatic N) is 1. The van der Waals surface area contributed by atoms with E-state index in [2.05, 4.69) is 5.32 Å². The second-order valence-electron chi connectivity index (χ2n) is 6.57. The maximum absolute atomic E-state index is 12.5. The number of carbonyl (C=O) groups excluding carboxylic acids is 2. The molecule has 0 spiro atoms. The number of anilines is 1. The zero-order chi connectivity index (χ0) is 23.0. The minimum absolute atomic E-state index is 0.184. The zero-order valence-corrected chi connectivity index (χ0v) is 19.1. The van der Waals surface area contributed by atoms with E-state index in [1.54, 1.807) is 50.2 Å². The number of halogens is 1. The van der Waals surface area contributed by atoms with Crippen LogP contribution in [0.3, 0.4) is 0 Å². The van der Waals surface area contributed by atoms with Gasteiger partial charge in [0.1, 0.15) is 0 Å². The molecule has 2 aromatic rings. The molecule has 166 valence electrons. The molecule has 0 aromatic heterocycles. The van der Waals surface area contributed by atoms with Crippen LogP contribution in [0.4, 0.5) is 5.69 Å². The molecule has 2 rings (SSSR count). The molecule has 0 saturated carbocycles. The average molecular weight is 465 g/mol. The van der Waals surface area contributed by atoms with Crippen molar-refractivity contribution in [2.45, 2.75) is 31.8 Å². The van der Waals surface area contributed by atoms with Crippen LogP contribution in [0.15, 0.2) is 59.5 Å². The highest BCUT2D eigenvalue weighted by molar-refractivity contribution is 7.89. The molecule has 1 atom stereocenters. The lowest BCUT2D eigenvalue weighted by Gasteiger charge is -2.18. The van der Waals surface area contributed by atoms with E-state index in [9.17, 15) is 18.0 Å². The highest BCUT2D eigenvalue weighted by Crippen LogP contribution is 2.17. The Morgan fingerprint density at radius 1 is 1.06 bits per heavy atom. The van der Waals surface area contributed by atoms with Gasteiger partial charge in [0, 0.05) is 29.9 Å². The standard InChI is InChI=1S/C22H25ClN2O5S/c1-4-25(5-2)31(28,29)20-13-6-17(7-14-20)8-15-21(26)30-16(3)22(27)24-19-11-9-18(23)10-12-19/h6-16H,4-5H2,1-3H3,(H,24,27)/b15-8+. The Hall–Kier alpha value is -2.68. The summed E-state index contributed by atoms with van der Waals surface area (Å²) in [5, 5.41) is 3.17. The van der Waals surface area contributed by atoms with Crippen molar-refractivity contribution in [1.29, 1.82) is 0 Å². The lowest BCUT2D eigenvalue weighted by Crippen LogP contribution is -2.30. The molecule has 0 aliphatic carbocycles. The van der Waals surface area contributed by atoms with E-state index in [0.29, 0.717) is 29.4 Å². The maximum Gasteiger partial charge on any atom is 0.331 e. The van der Waals surface area contributed by atoms with Crippen molar-refractivity contribution < 1.29 is 22.7 Å². The van der Waals surface area contributed by atoms with Gasteiger partial charge in [-0.3, -0.25) is 4.79 Å². The van der Waals surface area contributed by atoms with Crippen LogP contribution in [0.2, 0.25) is 5.02 Å². The number of amides is 1. The summed E-state index contributed by atoms with van der Waals surface area (Å²) < 4.78 is 31.5. The molecular formula is C22H25ClN2O5S. The molecule has 7 nitrogen and oxygen atoms in total. The van der Waals surface area contributed by atoms with Crippen molar-refractivity contribution in [2.75, 3.05) is 18.4 Å². The SMILES string of the molecule is CCN(CC)S(=O)(=O)c1ccc(/C=C/C(=O)OC(C)C(=O)Nc2ccc(Cl)cc2)cc1. The molecule has 0 radical (unpaired) electrons. The van der Waals surface area contributed by atoms with E-state index >= 15 is 0 Å². The number of esters is 1. The van der Waals surface area contributed by atoms with Gasteiger partial charge < -0.3 is 10.1 Å². The molecule has 0 fully saturated rings. The normalized spacial score (nSPS) is 12.7. The summed E-state index contributed by atoms with van der Waals surface area (Å²) in [4.78, 5) is 24.3. The predicted molar refractivity (Wildman–Crippen MR) is 121 cm³/mol. The quantitative estimate of drug-likeness (QED) is 0.448. The van der Waals surface area contributed by atoms with Crippen LogP contribution in [-0.4, -0.2) is 43.8 Å². The lowest BCUT2D eigenvalue weighted by atomic mass is 10.2. The summed E-state index contributed by atoms with van der Waals surface area (Å²) in [7, 11) is -3.54. The maximum atomic E-state index is 12.5. The minimum Gasteiger partial charge on any atom is -0.449 e. The molecule has 0 aliphatic rings. The third-order valence-corrected chi connectivity index (χ3v) is 6.73. The van der Waals surface area contributed by atoms with E-state index in [0.717, 1.165) is 0 Å². The van der Waals surface area contributed by atoms with Gasteiger partial charge in [0.2, 0.25) is 10.0 Å². The van der Waals surface area contributed by atoms with Crippen molar-refractivity contribution >= 4 is 45.3 Å². The van der Waals surface area contributed by atoms with Gasteiger partial charge in [0.25, 0.3) is 5.91 Å². The van der Waals surface area contributed by atoms with Gasteiger partial charge in [-0.1, -0.05) is 37.6 Å². The summed E-state index contributed by atoms with van der Waals surface area (Å²) in [6, 6.07) is 12.7. The van der Waals surface area contributed by atoms with Gasteiger partial charge in [-0.25, -0.2) is 13.2 Å². The number of benzene rings is 2. The third kappa shape index (κ3) is 6.92. The molecule has 1 amide bonds. The molecule has 31 heavy (non-hydrogen) atoms.